The normalized spacial score (nSPS) is 10.7. The maximum absolute atomic E-state index is 10.8. The van der Waals surface area contributed by atoms with E-state index in [9.17, 15) is 4.79 Å². The van der Waals surface area contributed by atoms with Crippen molar-refractivity contribution in [3.05, 3.63) is 29.5 Å². The van der Waals surface area contributed by atoms with Crippen LogP contribution in [-0.2, 0) is 0 Å². The summed E-state index contributed by atoms with van der Waals surface area (Å²) in [5.74, 6) is -0.416. The molecule has 0 saturated carbocycles. The number of rotatable bonds is 1. The minimum absolute atomic E-state index is 0.00231. The lowest BCUT2D eigenvalue weighted by molar-refractivity contribution is 0.0693. The molecule has 0 radical (unpaired) electrons. The van der Waals surface area contributed by atoms with Crippen LogP contribution in [-0.4, -0.2) is 25.4 Å². The molecule has 0 amide bonds. The third kappa shape index (κ3) is 1.14. The van der Waals surface area contributed by atoms with Gasteiger partial charge < -0.3 is 5.11 Å². The van der Waals surface area contributed by atoms with Crippen molar-refractivity contribution >= 4 is 11.6 Å². The van der Waals surface area contributed by atoms with Crippen LogP contribution in [0.4, 0.5) is 0 Å². The summed E-state index contributed by atoms with van der Waals surface area (Å²) in [6, 6.07) is 0. The monoisotopic (exact) mass is 191 g/mol. The number of nitrogens with zero attached hydrogens (tertiary/aromatic N) is 3. The SMILES string of the molecule is Cc1cnc2c(C(=O)O)nc(C)n2c1. The maximum Gasteiger partial charge on any atom is 0.358 e. The molecule has 5 heteroatoms. The summed E-state index contributed by atoms with van der Waals surface area (Å²) in [7, 11) is 0. The van der Waals surface area contributed by atoms with Gasteiger partial charge in [-0.25, -0.2) is 14.8 Å². The maximum atomic E-state index is 10.8. The highest BCUT2D eigenvalue weighted by Crippen LogP contribution is 2.10. The fraction of sp³-hybridized carbons (Fsp3) is 0.222. The lowest BCUT2D eigenvalue weighted by Gasteiger charge is -1.96. The van der Waals surface area contributed by atoms with E-state index < -0.39 is 5.97 Å². The van der Waals surface area contributed by atoms with Gasteiger partial charge in [0.25, 0.3) is 0 Å². The minimum Gasteiger partial charge on any atom is -0.476 e. The fourth-order valence-electron chi connectivity index (χ4n) is 1.35. The first-order valence-corrected chi connectivity index (χ1v) is 4.14. The van der Waals surface area contributed by atoms with E-state index in [1.807, 2.05) is 13.1 Å². The molecule has 0 saturated heterocycles. The van der Waals surface area contributed by atoms with Gasteiger partial charge in [0.05, 0.1) is 0 Å². The summed E-state index contributed by atoms with van der Waals surface area (Å²) in [5, 5.41) is 8.85. The van der Waals surface area contributed by atoms with Crippen LogP contribution in [0.15, 0.2) is 12.4 Å². The van der Waals surface area contributed by atoms with E-state index in [4.69, 9.17) is 5.11 Å². The van der Waals surface area contributed by atoms with Crippen LogP contribution in [0.3, 0.4) is 0 Å². The molecule has 2 rings (SSSR count). The van der Waals surface area contributed by atoms with Crippen LogP contribution in [0.2, 0.25) is 0 Å². The van der Waals surface area contributed by atoms with E-state index in [1.54, 1.807) is 17.5 Å². The number of aromatic nitrogens is 3. The second-order valence-electron chi connectivity index (χ2n) is 3.14. The van der Waals surface area contributed by atoms with Crippen LogP contribution < -0.4 is 0 Å². The van der Waals surface area contributed by atoms with Crippen molar-refractivity contribution in [2.24, 2.45) is 0 Å². The van der Waals surface area contributed by atoms with Gasteiger partial charge >= 0.3 is 5.97 Å². The Morgan fingerprint density at radius 3 is 2.86 bits per heavy atom. The third-order valence-electron chi connectivity index (χ3n) is 1.99. The summed E-state index contributed by atoms with van der Waals surface area (Å²) < 4.78 is 1.68. The van der Waals surface area contributed by atoms with Gasteiger partial charge in [0, 0.05) is 12.4 Å². The Hall–Kier alpha value is -1.91. The molecule has 2 heterocycles. The molecule has 72 valence electrons. The van der Waals surface area contributed by atoms with Crippen molar-refractivity contribution in [2.75, 3.05) is 0 Å². The molecule has 0 bridgehead atoms. The highest BCUT2D eigenvalue weighted by Gasteiger charge is 2.15. The molecule has 0 aliphatic heterocycles. The molecule has 0 aliphatic rings. The van der Waals surface area contributed by atoms with E-state index in [1.165, 1.54) is 0 Å². The number of carbonyl (C=O) groups is 1. The highest BCUT2D eigenvalue weighted by molar-refractivity contribution is 5.92. The zero-order valence-electron chi connectivity index (χ0n) is 7.85. The molecular formula is C9H9N3O2. The van der Waals surface area contributed by atoms with Gasteiger partial charge in [-0.2, -0.15) is 0 Å². The van der Waals surface area contributed by atoms with Crippen molar-refractivity contribution < 1.29 is 9.90 Å². The molecule has 0 unspecified atom stereocenters. The van der Waals surface area contributed by atoms with Crippen LogP contribution >= 0.6 is 0 Å². The zero-order valence-corrected chi connectivity index (χ0v) is 7.85. The predicted molar refractivity (Wildman–Crippen MR) is 49.4 cm³/mol. The van der Waals surface area contributed by atoms with Gasteiger partial charge in [0.1, 0.15) is 5.82 Å². The molecule has 1 N–H and O–H groups in total. The average molecular weight is 191 g/mol. The first-order chi connectivity index (χ1) is 6.59. The van der Waals surface area contributed by atoms with E-state index in [-0.39, 0.29) is 5.69 Å². The summed E-state index contributed by atoms with van der Waals surface area (Å²) >= 11 is 0. The van der Waals surface area contributed by atoms with Crippen molar-refractivity contribution in [1.29, 1.82) is 0 Å². The number of carboxylic acids is 1. The Bertz CT molecular complexity index is 516. The van der Waals surface area contributed by atoms with E-state index in [0.717, 1.165) is 5.56 Å². The third-order valence-corrected chi connectivity index (χ3v) is 1.99. The molecule has 2 aromatic rings. The molecule has 0 atom stereocenters. The van der Waals surface area contributed by atoms with Gasteiger partial charge in [-0.3, -0.25) is 4.40 Å². The minimum atomic E-state index is -1.05. The van der Waals surface area contributed by atoms with Gasteiger partial charge in [0.2, 0.25) is 0 Å². The standard InChI is InChI=1S/C9H9N3O2/c1-5-3-10-8-7(9(13)14)11-6(2)12(8)4-5/h3-4H,1-2H3,(H,13,14). The highest BCUT2D eigenvalue weighted by atomic mass is 16.4. The number of aromatic carboxylic acids is 1. The summed E-state index contributed by atoms with van der Waals surface area (Å²) in [4.78, 5) is 18.8. The first-order valence-electron chi connectivity index (χ1n) is 4.14. The molecular weight excluding hydrogens is 182 g/mol. The number of imidazole rings is 1. The van der Waals surface area contributed by atoms with Crippen molar-refractivity contribution in [3.63, 3.8) is 0 Å². The van der Waals surface area contributed by atoms with E-state index in [0.29, 0.717) is 11.5 Å². The second-order valence-corrected chi connectivity index (χ2v) is 3.14. The Kier molecular flexibility index (Phi) is 1.73. The van der Waals surface area contributed by atoms with Gasteiger partial charge in [-0.1, -0.05) is 0 Å². The predicted octanol–water partition coefficient (Wildman–Crippen LogP) is 1.04. The molecule has 0 spiro atoms. The molecule has 2 aromatic heterocycles. The van der Waals surface area contributed by atoms with Gasteiger partial charge in [-0.05, 0) is 19.4 Å². The van der Waals surface area contributed by atoms with Crippen LogP contribution in [0, 0.1) is 13.8 Å². The van der Waals surface area contributed by atoms with E-state index >= 15 is 0 Å². The van der Waals surface area contributed by atoms with Crippen molar-refractivity contribution in [2.45, 2.75) is 13.8 Å². The van der Waals surface area contributed by atoms with Crippen LogP contribution in [0.25, 0.3) is 5.65 Å². The Balaban J connectivity index is 2.84. The van der Waals surface area contributed by atoms with E-state index in [2.05, 4.69) is 9.97 Å². The number of fused-ring (bicyclic) bond motifs is 1. The zero-order chi connectivity index (χ0) is 10.3. The Morgan fingerprint density at radius 2 is 2.21 bits per heavy atom. The fourth-order valence-corrected chi connectivity index (χ4v) is 1.35. The Labute approximate surface area is 80.0 Å². The summed E-state index contributed by atoms with van der Waals surface area (Å²) in [6.45, 7) is 3.65. The second kappa shape index (κ2) is 2.80. The number of aryl methyl sites for hydroxylation is 2. The summed E-state index contributed by atoms with van der Waals surface area (Å²) in [6.07, 6.45) is 3.44. The topological polar surface area (TPSA) is 67.5 Å². The smallest absolute Gasteiger partial charge is 0.358 e. The van der Waals surface area contributed by atoms with Gasteiger partial charge in [0.15, 0.2) is 11.3 Å². The molecule has 14 heavy (non-hydrogen) atoms. The van der Waals surface area contributed by atoms with Crippen molar-refractivity contribution in [1.82, 2.24) is 14.4 Å². The molecule has 5 nitrogen and oxygen atoms in total. The lowest BCUT2D eigenvalue weighted by atomic mass is 10.4. The number of hydrogen-bond acceptors (Lipinski definition) is 3. The lowest BCUT2D eigenvalue weighted by Crippen LogP contribution is -1.99. The number of hydrogen-bond donors (Lipinski definition) is 1. The largest absolute Gasteiger partial charge is 0.476 e. The van der Waals surface area contributed by atoms with Gasteiger partial charge in [-0.15, -0.1) is 0 Å². The van der Waals surface area contributed by atoms with Crippen LogP contribution in [0.5, 0.6) is 0 Å². The van der Waals surface area contributed by atoms with Crippen molar-refractivity contribution in [3.8, 4) is 0 Å². The Morgan fingerprint density at radius 1 is 1.50 bits per heavy atom. The number of carboxylic acid groups (broad SMARTS) is 1. The average Bonchev–Trinajstić information content (AvgIpc) is 2.44. The molecule has 0 fully saturated rings. The molecule has 0 aliphatic carbocycles. The first kappa shape index (κ1) is 8.68. The quantitative estimate of drug-likeness (QED) is 0.731. The summed E-state index contributed by atoms with van der Waals surface area (Å²) in [5.41, 5.74) is 1.36. The molecule has 0 aromatic carbocycles. The van der Waals surface area contributed by atoms with Crippen LogP contribution in [0.1, 0.15) is 21.9 Å².